The molecule has 0 aromatic carbocycles. The highest BCUT2D eigenvalue weighted by molar-refractivity contribution is 5.94. The summed E-state index contributed by atoms with van der Waals surface area (Å²) in [7, 11) is 0. The molecule has 1 saturated carbocycles. The Balaban J connectivity index is 1.98. The average molecular weight is 224 g/mol. The van der Waals surface area contributed by atoms with Crippen LogP contribution in [0.15, 0.2) is 0 Å². The molecule has 0 radical (unpaired) electrons. The first-order chi connectivity index (χ1) is 7.44. The third-order valence-electron chi connectivity index (χ3n) is 3.85. The van der Waals surface area contributed by atoms with Crippen molar-refractivity contribution in [3.8, 4) is 0 Å². The van der Waals surface area contributed by atoms with E-state index >= 15 is 0 Å². The van der Waals surface area contributed by atoms with Crippen molar-refractivity contribution in [2.45, 2.75) is 39.7 Å². The van der Waals surface area contributed by atoms with E-state index in [9.17, 15) is 9.59 Å². The molecular formula is C12H20N2O2. The Morgan fingerprint density at radius 3 is 2.56 bits per heavy atom. The van der Waals surface area contributed by atoms with Crippen LogP contribution in [0.1, 0.15) is 33.6 Å². The number of carbonyl (C=O) groups is 2. The second-order valence-corrected chi connectivity index (χ2v) is 5.64. The van der Waals surface area contributed by atoms with Crippen molar-refractivity contribution in [1.82, 2.24) is 10.2 Å². The van der Waals surface area contributed by atoms with Gasteiger partial charge in [-0.3, -0.25) is 9.59 Å². The van der Waals surface area contributed by atoms with E-state index in [0.717, 1.165) is 13.0 Å². The molecule has 0 bridgehead atoms. The molecule has 4 nitrogen and oxygen atoms in total. The number of rotatable bonds is 3. The zero-order valence-electron chi connectivity index (χ0n) is 10.2. The number of hydrogen-bond acceptors (Lipinski definition) is 2. The van der Waals surface area contributed by atoms with Crippen LogP contribution in [0, 0.1) is 11.3 Å². The zero-order valence-corrected chi connectivity index (χ0v) is 10.2. The second kappa shape index (κ2) is 3.75. The second-order valence-electron chi connectivity index (χ2n) is 5.64. The Labute approximate surface area is 96.4 Å². The maximum atomic E-state index is 12.0. The SMILES string of the molecule is CCC1NC(=O)CN(CC2CC2(C)C)C1=O. The highest BCUT2D eigenvalue weighted by atomic mass is 16.2. The van der Waals surface area contributed by atoms with Crippen molar-refractivity contribution in [2.24, 2.45) is 11.3 Å². The van der Waals surface area contributed by atoms with Gasteiger partial charge in [-0.25, -0.2) is 0 Å². The van der Waals surface area contributed by atoms with Gasteiger partial charge in [0.2, 0.25) is 11.8 Å². The fourth-order valence-corrected chi connectivity index (χ4v) is 2.36. The number of nitrogens with one attached hydrogen (secondary N) is 1. The largest absolute Gasteiger partial charge is 0.343 e. The van der Waals surface area contributed by atoms with Gasteiger partial charge in [0.1, 0.15) is 6.04 Å². The summed E-state index contributed by atoms with van der Waals surface area (Å²) in [5.41, 5.74) is 0.357. The first-order valence-electron chi connectivity index (χ1n) is 6.02. The van der Waals surface area contributed by atoms with Gasteiger partial charge < -0.3 is 10.2 Å². The predicted octanol–water partition coefficient (Wildman–Crippen LogP) is 0.769. The lowest BCUT2D eigenvalue weighted by atomic mass is 10.1. The lowest BCUT2D eigenvalue weighted by molar-refractivity contribution is -0.144. The van der Waals surface area contributed by atoms with Crippen molar-refractivity contribution < 1.29 is 9.59 Å². The molecule has 2 rings (SSSR count). The summed E-state index contributed by atoms with van der Waals surface area (Å²) in [6.07, 6.45) is 1.84. The van der Waals surface area contributed by atoms with E-state index in [1.165, 1.54) is 0 Å². The summed E-state index contributed by atoms with van der Waals surface area (Å²) in [4.78, 5) is 25.2. The quantitative estimate of drug-likeness (QED) is 0.769. The summed E-state index contributed by atoms with van der Waals surface area (Å²) in [6.45, 7) is 7.33. The Kier molecular flexibility index (Phi) is 2.68. The van der Waals surface area contributed by atoms with E-state index in [0.29, 0.717) is 17.8 Å². The summed E-state index contributed by atoms with van der Waals surface area (Å²) in [5, 5.41) is 2.73. The van der Waals surface area contributed by atoms with Crippen molar-refractivity contribution in [1.29, 1.82) is 0 Å². The van der Waals surface area contributed by atoms with Crippen LogP contribution in [-0.2, 0) is 9.59 Å². The molecule has 1 aliphatic carbocycles. The maximum Gasteiger partial charge on any atom is 0.245 e. The lowest BCUT2D eigenvalue weighted by Crippen LogP contribution is -2.58. The van der Waals surface area contributed by atoms with Gasteiger partial charge in [-0.15, -0.1) is 0 Å². The molecule has 1 heterocycles. The molecule has 1 N–H and O–H groups in total. The molecule has 16 heavy (non-hydrogen) atoms. The minimum atomic E-state index is -0.303. The van der Waals surface area contributed by atoms with E-state index in [1.807, 2.05) is 6.92 Å². The number of carbonyl (C=O) groups excluding carboxylic acids is 2. The van der Waals surface area contributed by atoms with Gasteiger partial charge >= 0.3 is 0 Å². The maximum absolute atomic E-state index is 12.0. The number of nitrogens with zero attached hydrogens (tertiary/aromatic N) is 1. The smallest absolute Gasteiger partial charge is 0.245 e. The third kappa shape index (κ3) is 2.06. The van der Waals surface area contributed by atoms with E-state index in [4.69, 9.17) is 0 Å². The number of piperazine rings is 1. The van der Waals surface area contributed by atoms with Crippen LogP contribution in [0.25, 0.3) is 0 Å². The van der Waals surface area contributed by atoms with E-state index in [2.05, 4.69) is 19.2 Å². The normalized spacial score (nSPS) is 32.6. The van der Waals surface area contributed by atoms with Gasteiger partial charge in [-0.2, -0.15) is 0 Å². The Hall–Kier alpha value is -1.06. The molecular weight excluding hydrogens is 204 g/mol. The van der Waals surface area contributed by atoms with Crippen molar-refractivity contribution >= 4 is 11.8 Å². The third-order valence-corrected chi connectivity index (χ3v) is 3.85. The predicted molar refractivity (Wildman–Crippen MR) is 60.7 cm³/mol. The first-order valence-corrected chi connectivity index (χ1v) is 6.02. The lowest BCUT2D eigenvalue weighted by Gasteiger charge is -2.32. The Morgan fingerprint density at radius 2 is 2.06 bits per heavy atom. The highest BCUT2D eigenvalue weighted by Crippen LogP contribution is 2.51. The molecule has 0 aromatic rings. The minimum absolute atomic E-state index is 0.0232. The van der Waals surface area contributed by atoms with Gasteiger partial charge in [0, 0.05) is 6.54 Å². The van der Waals surface area contributed by atoms with Crippen LogP contribution in [-0.4, -0.2) is 35.8 Å². The molecule has 2 atom stereocenters. The van der Waals surface area contributed by atoms with Gasteiger partial charge in [0.15, 0.2) is 0 Å². The number of hydrogen-bond donors (Lipinski definition) is 1. The molecule has 2 amide bonds. The monoisotopic (exact) mass is 224 g/mol. The van der Waals surface area contributed by atoms with Gasteiger partial charge in [0.05, 0.1) is 6.54 Å². The minimum Gasteiger partial charge on any atom is -0.343 e. The van der Waals surface area contributed by atoms with Crippen LogP contribution < -0.4 is 5.32 Å². The molecule has 4 heteroatoms. The topological polar surface area (TPSA) is 49.4 Å². The van der Waals surface area contributed by atoms with E-state index < -0.39 is 0 Å². The summed E-state index contributed by atoms with van der Waals surface area (Å²) in [6, 6.07) is -0.303. The van der Waals surface area contributed by atoms with Crippen molar-refractivity contribution in [3.05, 3.63) is 0 Å². The molecule has 1 aliphatic heterocycles. The standard InChI is InChI=1S/C12H20N2O2/c1-4-9-11(16)14(7-10(15)13-9)6-8-5-12(8,2)3/h8-9H,4-7H2,1-3H3,(H,13,15). The molecule has 1 saturated heterocycles. The molecule has 2 aliphatic rings. The van der Waals surface area contributed by atoms with Gasteiger partial charge in [-0.05, 0) is 24.2 Å². The molecule has 0 spiro atoms. The summed E-state index contributed by atoms with van der Waals surface area (Å²) < 4.78 is 0. The molecule has 2 unspecified atom stereocenters. The van der Waals surface area contributed by atoms with Crippen LogP contribution in [0.2, 0.25) is 0 Å². The Bertz CT molecular complexity index is 325. The van der Waals surface area contributed by atoms with Crippen LogP contribution >= 0.6 is 0 Å². The molecule has 90 valence electrons. The molecule has 2 fully saturated rings. The van der Waals surface area contributed by atoms with Gasteiger partial charge in [-0.1, -0.05) is 20.8 Å². The molecule has 0 aromatic heterocycles. The van der Waals surface area contributed by atoms with Crippen molar-refractivity contribution in [3.63, 3.8) is 0 Å². The van der Waals surface area contributed by atoms with Gasteiger partial charge in [0.25, 0.3) is 0 Å². The highest BCUT2D eigenvalue weighted by Gasteiger charge is 2.47. The summed E-state index contributed by atoms with van der Waals surface area (Å²) >= 11 is 0. The van der Waals surface area contributed by atoms with E-state index in [1.54, 1.807) is 4.90 Å². The van der Waals surface area contributed by atoms with E-state index in [-0.39, 0.29) is 24.4 Å². The Morgan fingerprint density at radius 1 is 1.44 bits per heavy atom. The van der Waals surface area contributed by atoms with Crippen LogP contribution in [0.5, 0.6) is 0 Å². The zero-order chi connectivity index (χ0) is 11.9. The average Bonchev–Trinajstić information content (AvgIpc) is 2.79. The number of amides is 2. The summed E-state index contributed by atoms with van der Waals surface area (Å²) in [5.74, 6) is 0.634. The van der Waals surface area contributed by atoms with Crippen molar-refractivity contribution in [2.75, 3.05) is 13.1 Å². The van der Waals surface area contributed by atoms with Crippen LogP contribution in [0.4, 0.5) is 0 Å². The van der Waals surface area contributed by atoms with Crippen LogP contribution in [0.3, 0.4) is 0 Å². The fraction of sp³-hybridized carbons (Fsp3) is 0.833. The fourth-order valence-electron chi connectivity index (χ4n) is 2.36. The first kappa shape index (κ1) is 11.4.